The van der Waals surface area contributed by atoms with E-state index in [1.165, 1.54) is 6.20 Å². The Morgan fingerprint density at radius 3 is 3.00 bits per heavy atom. The number of rotatable bonds is 2. The molecular weight excluding hydrogens is 164 g/mol. The number of carbonyl (C=O) groups excluding carboxylic acids is 1. The second-order valence-corrected chi connectivity index (χ2v) is 2.52. The Bertz CT molecular complexity index is 275. The van der Waals surface area contributed by atoms with Gasteiger partial charge < -0.3 is 5.73 Å². The lowest BCUT2D eigenvalue weighted by atomic mass is 10.2. The lowest BCUT2D eigenvalue weighted by molar-refractivity contribution is -0.117. The Labute approximate surface area is 69.2 Å². The van der Waals surface area contributed by atoms with Gasteiger partial charge in [0.2, 0.25) is 5.91 Å². The summed E-state index contributed by atoms with van der Waals surface area (Å²) in [6, 6.07) is 1.67. The maximum Gasteiger partial charge on any atom is 0.221 e. The summed E-state index contributed by atoms with van der Waals surface area (Å²) in [5.74, 6) is -0.391. The third-order valence-electron chi connectivity index (χ3n) is 1.22. The topological polar surface area (TPSA) is 56.0 Å². The molecule has 1 aromatic rings. The van der Waals surface area contributed by atoms with Crippen LogP contribution in [0.4, 0.5) is 0 Å². The molecule has 0 aromatic carbocycles. The predicted octanol–water partition coefficient (Wildman–Crippen LogP) is 0.763. The van der Waals surface area contributed by atoms with Crippen LogP contribution >= 0.6 is 11.6 Å². The molecule has 0 atom stereocenters. The van der Waals surface area contributed by atoms with Crippen LogP contribution in [0, 0.1) is 0 Å². The van der Waals surface area contributed by atoms with Gasteiger partial charge in [-0.1, -0.05) is 11.6 Å². The van der Waals surface area contributed by atoms with Gasteiger partial charge in [0.1, 0.15) is 0 Å². The van der Waals surface area contributed by atoms with Gasteiger partial charge in [-0.2, -0.15) is 0 Å². The number of hydrogen-bond acceptors (Lipinski definition) is 2. The molecule has 0 spiro atoms. The van der Waals surface area contributed by atoms with Crippen LogP contribution in [0.2, 0.25) is 5.02 Å². The molecule has 0 aliphatic heterocycles. The van der Waals surface area contributed by atoms with E-state index in [2.05, 4.69) is 4.98 Å². The Balaban J connectivity index is 2.86. The van der Waals surface area contributed by atoms with Crippen molar-refractivity contribution in [1.82, 2.24) is 4.98 Å². The third kappa shape index (κ3) is 2.20. The number of nitrogens with two attached hydrogens (primary N) is 1. The fourth-order valence-corrected chi connectivity index (χ4v) is 0.921. The van der Waals surface area contributed by atoms with Crippen LogP contribution in [0.15, 0.2) is 18.5 Å². The molecular formula is C7H7ClN2O. The van der Waals surface area contributed by atoms with Crippen molar-refractivity contribution in [3.63, 3.8) is 0 Å². The highest BCUT2D eigenvalue weighted by molar-refractivity contribution is 6.31. The van der Waals surface area contributed by atoms with E-state index in [9.17, 15) is 4.79 Å². The molecule has 0 fully saturated rings. The molecule has 0 aliphatic rings. The molecule has 2 N–H and O–H groups in total. The molecule has 1 rings (SSSR count). The molecule has 58 valence electrons. The highest BCUT2D eigenvalue weighted by Crippen LogP contribution is 2.12. The van der Waals surface area contributed by atoms with Crippen molar-refractivity contribution in [2.24, 2.45) is 5.73 Å². The van der Waals surface area contributed by atoms with Crippen molar-refractivity contribution in [3.8, 4) is 0 Å². The van der Waals surface area contributed by atoms with Gasteiger partial charge in [-0.05, 0) is 11.6 Å². The predicted molar refractivity (Wildman–Crippen MR) is 42.1 cm³/mol. The molecule has 1 heterocycles. The van der Waals surface area contributed by atoms with Crippen LogP contribution in [-0.4, -0.2) is 10.9 Å². The summed E-state index contributed by atoms with van der Waals surface area (Å²) in [5, 5.41) is 0.478. The monoisotopic (exact) mass is 170 g/mol. The van der Waals surface area contributed by atoms with Crippen LogP contribution in [0.5, 0.6) is 0 Å². The van der Waals surface area contributed by atoms with Gasteiger partial charge in [0.05, 0.1) is 11.4 Å². The molecule has 0 aliphatic carbocycles. The summed E-state index contributed by atoms with van der Waals surface area (Å²) < 4.78 is 0. The van der Waals surface area contributed by atoms with Crippen LogP contribution in [0.3, 0.4) is 0 Å². The quantitative estimate of drug-likeness (QED) is 0.713. The van der Waals surface area contributed by atoms with E-state index in [-0.39, 0.29) is 6.42 Å². The van der Waals surface area contributed by atoms with Gasteiger partial charge in [0.15, 0.2) is 0 Å². The van der Waals surface area contributed by atoms with Gasteiger partial charge in [0.25, 0.3) is 0 Å². The normalized spacial score (nSPS) is 9.55. The van der Waals surface area contributed by atoms with E-state index < -0.39 is 5.91 Å². The summed E-state index contributed by atoms with van der Waals surface area (Å²) in [6.45, 7) is 0. The minimum Gasteiger partial charge on any atom is -0.369 e. The third-order valence-corrected chi connectivity index (χ3v) is 1.56. The Kier molecular flexibility index (Phi) is 2.44. The first-order valence-electron chi connectivity index (χ1n) is 3.07. The lowest BCUT2D eigenvalue weighted by Gasteiger charge is -1.97. The van der Waals surface area contributed by atoms with E-state index >= 15 is 0 Å². The number of nitrogens with zero attached hydrogens (tertiary/aromatic N) is 1. The first-order valence-corrected chi connectivity index (χ1v) is 3.44. The van der Waals surface area contributed by atoms with E-state index in [0.29, 0.717) is 10.6 Å². The Morgan fingerprint density at radius 2 is 2.45 bits per heavy atom. The minimum atomic E-state index is -0.391. The van der Waals surface area contributed by atoms with Crippen molar-refractivity contribution >= 4 is 17.5 Å². The molecule has 0 unspecified atom stereocenters. The van der Waals surface area contributed by atoms with E-state index in [1.807, 2.05) is 0 Å². The fraction of sp³-hybridized carbons (Fsp3) is 0.143. The summed E-state index contributed by atoms with van der Waals surface area (Å²) in [6.07, 6.45) is 3.23. The maximum atomic E-state index is 10.5. The zero-order valence-electron chi connectivity index (χ0n) is 5.75. The van der Waals surface area contributed by atoms with Gasteiger partial charge in [-0.3, -0.25) is 9.78 Å². The number of pyridine rings is 1. The average Bonchev–Trinajstić information content (AvgIpc) is 1.93. The number of aromatic nitrogens is 1. The number of hydrogen-bond donors (Lipinski definition) is 1. The van der Waals surface area contributed by atoms with E-state index in [0.717, 1.165) is 0 Å². The largest absolute Gasteiger partial charge is 0.369 e. The van der Waals surface area contributed by atoms with Crippen molar-refractivity contribution in [3.05, 3.63) is 29.0 Å². The molecule has 3 nitrogen and oxygen atoms in total. The van der Waals surface area contributed by atoms with Crippen LogP contribution in [0.25, 0.3) is 0 Å². The second kappa shape index (κ2) is 3.34. The van der Waals surface area contributed by atoms with Crippen molar-refractivity contribution in [1.29, 1.82) is 0 Å². The molecule has 1 amide bonds. The van der Waals surface area contributed by atoms with Gasteiger partial charge in [0, 0.05) is 12.4 Å². The van der Waals surface area contributed by atoms with Crippen LogP contribution in [-0.2, 0) is 11.2 Å². The number of carbonyl (C=O) groups is 1. The SMILES string of the molecule is NC(=O)Cc1ccncc1Cl. The molecule has 4 heteroatoms. The van der Waals surface area contributed by atoms with Crippen molar-refractivity contribution in [2.75, 3.05) is 0 Å². The zero-order valence-corrected chi connectivity index (χ0v) is 6.51. The summed E-state index contributed by atoms with van der Waals surface area (Å²) in [4.78, 5) is 14.2. The standard InChI is InChI=1S/C7H7ClN2O/c8-6-4-10-2-1-5(6)3-7(9)11/h1-2,4H,3H2,(H2,9,11). The van der Waals surface area contributed by atoms with Crippen LogP contribution < -0.4 is 5.73 Å². The number of primary amides is 1. The van der Waals surface area contributed by atoms with Crippen molar-refractivity contribution in [2.45, 2.75) is 6.42 Å². The first kappa shape index (κ1) is 8.01. The van der Waals surface area contributed by atoms with Gasteiger partial charge >= 0.3 is 0 Å². The number of halogens is 1. The average molecular weight is 171 g/mol. The van der Waals surface area contributed by atoms with Crippen molar-refractivity contribution < 1.29 is 4.79 Å². The highest BCUT2D eigenvalue weighted by atomic mass is 35.5. The molecule has 1 aromatic heterocycles. The highest BCUT2D eigenvalue weighted by Gasteiger charge is 2.01. The molecule has 0 saturated heterocycles. The Morgan fingerprint density at radius 1 is 1.73 bits per heavy atom. The summed E-state index contributed by atoms with van der Waals surface area (Å²) in [7, 11) is 0. The zero-order chi connectivity index (χ0) is 8.27. The lowest BCUT2D eigenvalue weighted by Crippen LogP contribution is -2.13. The molecule has 0 radical (unpaired) electrons. The van der Waals surface area contributed by atoms with E-state index in [4.69, 9.17) is 17.3 Å². The maximum absolute atomic E-state index is 10.5. The first-order chi connectivity index (χ1) is 5.20. The smallest absolute Gasteiger partial charge is 0.221 e. The molecule has 11 heavy (non-hydrogen) atoms. The van der Waals surface area contributed by atoms with Gasteiger partial charge in [-0.15, -0.1) is 0 Å². The Hall–Kier alpha value is -1.09. The van der Waals surface area contributed by atoms with Crippen LogP contribution in [0.1, 0.15) is 5.56 Å². The van der Waals surface area contributed by atoms with Gasteiger partial charge in [-0.25, -0.2) is 0 Å². The summed E-state index contributed by atoms with van der Waals surface area (Å²) >= 11 is 5.70. The second-order valence-electron chi connectivity index (χ2n) is 2.11. The van der Waals surface area contributed by atoms with E-state index in [1.54, 1.807) is 12.3 Å². The minimum absolute atomic E-state index is 0.168. The molecule has 0 saturated carbocycles. The fourth-order valence-electron chi connectivity index (χ4n) is 0.735. The summed E-state index contributed by atoms with van der Waals surface area (Å²) in [5.41, 5.74) is 5.69. The molecule has 0 bridgehead atoms. The number of amides is 1.